The van der Waals surface area contributed by atoms with Crippen LogP contribution in [0.5, 0.6) is 0 Å². The van der Waals surface area contributed by atoms with Gasteiger partial charge in [-0.1, -0.05) is 23.7 Å². The van der Waals surface area contributed by atoms with Gasteiger partial charge in [0.15, 0.2) is 0 Å². The zero-order valence-electron chi connectivity index (χ0n) is 8.09. The van der Waals surface area contributed by atoms with Gasteiger partial charge in [-0.15, -0.1) is 0 Å². The molecule has 4 nitrogen and oxygen atoms in total. The largest absolute Gasteiger partial charge is 0.412 e. The molecular formula is C10H13ClN2O2. The molecular weight excluding hydrogens is 216 g/mol. The molecule has 1 aromatic rings. The van der Waals surface area contributed by atoms with Gasteiger partial charge in [-0.2, -0.15) is 0 Å². The molecule has 1 aromatic carbocycles. The van der Waals surface area contributed by atoms with Crippen molar-refractivity contribution in [3.8, 4) is 0 Å². The number of carbonyl (C=O) groups excluding carboxylic acids is 1. The summed E-state index contributed by atoms with van der Waals surface area (Å²) in [5, 5.41) is 3.79. The van der Waals surface area contributed by atoms with Crippen LogP contribution >= 0.6 is 11.6 Å². The number of primary amides is 1. The van der Waals surface area contributed by atoms with Crippen LogP contribution in [0.4, 0.5) is 0 Å². The number of rotatable bonds is 1. The van der Waals surface area contributed by atoms with Gasteiger partial charge in [0.25, 0.3) is 0 Å². The van der Waals surface area contributed by atoms with Crippen molar-refractivity contribution in [1.29, 1.82) is 0 Å². The minimum atomic E-state index is -0.391. The molecule has 82 valence electrons. The lowest BCUT2D eigenvalue weighted by Crippen LogP contribution is -2.38. The number of benzene rings is 1. The molecule has 2 rings (SSSR count). The summed E-state index contributed by atoms with van der Waals surface area (Å²) in [6.45, 7) is 0.740. The lowest BCUT2D eigenvalue weighted by Gasteiger charge is -2.25. The van der Waals surface area contributed by atoms with Gasteiger partial charge in [-0.3, -0.25) is 4.79 Å². The van der Waals surface area contributed by atoms with Crippen LogP contribution in [0.3, 0.4) is 0 Å². The summed E-state index contributed by atoms with van der Waals surface area (Å²) in [7, 11) is 0. The van der Waals surface area contributed by atoms with Gasteiger partial charge >= 0.3 is 0 Å². The molecule has 5 N–H and O–H groups in total. The van der Waals surface area contributed by atoms with Gasteiger partial charge in [-0.05, 0) is 23.6 Å². The standard InChI is InChI=1S/C10H11ClN2O.H2O/c11-8-3-1-2-7-6(8)4-5-13-9(7)10(12)14;/h1-3,9,13H,4-5H2,(H2,12,14);1H2. The summed E-state index contributed by atoms with van der Waals surface area (Å²) in [6.07, 6.45) is 0.846. The maximum Gasteiger partial charge on any atom is 0.239 e. The fraction of sp³-hybridized carbons (Fsp3) is 0.300. The van der Waals surface area contributed by atoms with Crippen molar-refractivity contribution in [2.45, 2.75) is 12.5 Å². The maximum atomic E-state index is 11.1. The van der Waals surface area contributed by atoms with Crippen molar-refractivity contribution in [3.63, 3.8) is 0 Å². The summed E-state index contributed by atoms with van der Waals surface area (Å²) in [5.41, 5.74) is 7.24. The highest BCUT2D eigenvalue weighted by atomic mass is 35.5. The molecule has 0 aliphatic carbocycles. The number of amides is 1. The molecule has 1 aliphatic rings. The van der Waals surface area contributed by atoms with E-state index in [4.69, 9.17) is 17.3 Å². The van der Waals surface area contributed by atoms with Crippen LogP contribution in [0.1, 0.15) is 17.2 Å². The molecule has 1 atom stereocenters. The SMILES string of the molecule is NC(=O)C1NCCc2c(Cl)cccc21.O. The van der Waals surface area contributed by atoms with Gasteiger partial charge in [0.1, 0.15) is 6.04 Å². The Morgan fingerprint density at radius 1 is 1.53 bits per heavy atom. The highest BCUT2D eigenvalue weighted by Gasteiger charge is 2.24. The van der Waals surface area contributed by atoms with E-state index in [1.165, 1.54) is 0 Å². The fourth-order valence-electron chi connectivity index (χ4n) is 1.81. The summed E-state index contributed by atoms with van der Waals surface area (Å²) < 4.78 is 0. The van der Waals surface area contributed by atoms with Crippen LogP contribution in [0, 0.1) is 0 Å². The normalized spacial score (nSPS) is 18.9. The number of hydrogen-bond acceptors (Lipinski definition) is 2. The van der Waals surface area contributed by atoms with E-state index in [-0.39, 0.29) is 11.4 Å². The van der Waals surface area contributed by atoms with Crippen LogP contribution in [0.2, 0.25) is 5.02 Å². The zero-order valence-corrected chi connectivity index (χ0v) is 8.84. The van der Waals surface area contributed by atoms with E-state index in [1.54, 1.807) is 0 Å². The third kappa shape index (κ3) is 2.12. The molecule has 1 heterocycles. The number of nitrogens with two attached hydrogens (primary N) is 1. The molecule has 15 heavy (non-hydrogen) atoms. The second kappa shape index (κ2) is 4.61. The Morgan fingerprint density at radius 2 is 2.27 bits per heavy atom. The first-order valence-corrected chi connectivity index (χ1v) is 4.88. The van der Waals surface area contributed by atoms with Gasteiger partial charge in [0.2, 0.25) is 5.91 Å². The Kier molecular flexibility index (Phi) is 3.68. The molecule has 0 bridgehead atoms. The Labute approximate surface area is 92.7 Å². The number of hydrogen-bond donors (Lipinski definition) is 2. The van der Waals surface area contributed by atoms with E-state index in [9.17, 15) is 4.79 Å². The number of nitrogens with one attached hydrogen (secondary N) is 1. The first-order chi connectivity index (χ1) is 6.70. The Morgan fingerprint density at radius 3 is 2.93 bits per heavy atom. The molecule has 1 unspecified atom stereocenters. The van der Waals surface area contributed by atoms with Gasteiger partial charge < -0.3 is 16.5 Å². The first-order valence-electron chi connectivity index (χ1n) is 4.50. The zero-order chi connectivity index (χ0) is 10.1. The van der Waals surface area contributed by atoms with Crippen LogP contribution in [-0.4, -0.2) is 17.9 Å². The second-order valence-corrected chi connectivity index (χ2v) is 3.75. The molecule has 0 fully saturated rings. The molecule has 0 saturated heterocycles. The molecule has 0 radical (unpaired) electrons. The van der Waals surface area contributed by atoms with Crippen molar-refractivity contribution in [2.75, 3.05) is 6.54 Å². The smallest absolute Gasteiger partial charge is 0.239 e. The minimum absolute atomic E-state index is 0. The fourth-order valence-corrected chi connectivity index (χ4v) is 2.09. The maximum absolute atomic E-state index is 11.1. The van der Waals surface area contributed by atoms with Gasteiger partial charge in [0.05, 0.1) is 0 Å². The van der Waals surface area contributed by atoms with Crippen LogP contribution in [0.15, 0.2) is 18.2 Å². The van der Waals surface area contributed by atoms with E-state index in [2.05, 4.69) is 5.32 Å². The predicted molar refractivity (Wildman–Crippen MR) is 58.7 cm³/mol. The van der Waals surface area contributed by atoms with Crippen molar-refractivity contribution in [2.24, 2.45) is 5.73 Å². The van der Waals surface area contributed by atoms with Crippen molar-refractivity contribution in [3.05, 3.63) is 34.3 Å². The number of carbonyl (C=O) groups is 1. The van der Waals surface area contributed by atoms with E-state index in [0.717, 1.165) is 29.1 Å². The Bertz CT molecular complexity index is 382. The van der Waals surface area contributed by atoms with Crippen LogP contribution in [-0.2, 0) is 11.2 Å². The molecule has 5 heteroatoms. The van der Waals surface area contributed by atoms with E-state index < -0.39 is 6.04 Å². The van der Waals surface area contributed by atoms with Crippen LogP contribution < -0.4 is 11.1 Å². The lowest BCUT2D eigenvalue weighted by atomic mass is 9.94. The molecule has 1 amide bonds. The highest BCUT2D eigenvalue weighted by Crippen LogP contribution is 2.28. The third-order valence-electron chi connectivity index (χ3n) is 2.47. The van der Waals surface area contributed by atoms with Gasteiger partial charge in [-0.25, -0.2) is 0 Å². The van der Waals surface area contributed by atoms with Crippen LogP contribution in [0.25, 0.3) is 0 Å². The average molecular weight is 229 g/mol. The number of halogens is 1. The lowest BCUT2D eigenvalue weighted by molar-refractivity contribution is -0.120. The average Bonchev–Trinajstić information content (AvgIpc) is 2.17. The van der Waals surface area contributed by atoms with Crippen molar-refractivity contribution in [1.82, 2.24) is 5.32 Å². The molecule has 0 aromatic heterocycles. The topological polar surface area (TPSA) is 86.6 Å². The molecule has 1 aliphatic heterocycles. The Balaban J connectivity index is 0.00000112. The third-order valence-corrected chi connectivity index (χ3v) is 2.83. The van der Waals surface area contributed by atoms with E-state index in [1.807, 2.05) is 18.2 Å². The van der Waals surface area contributed by atoms with Crippen molar-refractivity contribution < 1.29 is 10.3 Å². The Hall–Kier alpha value is -1.10. The predicted octanol–water partition coefficient (Wildman–Crippen LogP) is 0.187. The monoisotopic (exact) mass is 228 g/mol. The first kappa shape index (κ1) is 12.0. The summed E-state index contributed by atoms with van der Waals surface area (Å²) in [4.78, 5) is 11.1. The van der Waals surface area contributed by atoms with Gasteiger partial charge in [0, 0.05) is 11.6 Å². The second-order valence-electron chi connectivity index (χ2n) is 3.35. The summed E-state index contributed by atoms with van der Waals surface area (Å²) in [5.74, 6) is -0.354. The highest BCUT2D eigenvalue weighted by molar-refractivity contribution is 6.31. The minimum Gasteiger partial charge on any atom is -0.412 e. The van der Waals surface area contributed by atoms with E-state index in [0.29, 0.717) is 0 Å². The number of fused-ring (bicyclic) bond motifs is 1. The van der Waals surface area contributed by atoms with Crippen molar-refractivity contribution >= 4 is 17.5 Å². The molecule has 0 spiro atoms. The summed E-state index contributed by atoms with van der Waals surface area (Å²) in [6, 6.07) is 5.17. The van der Waals surface area contributed by atoms with E-state index >= 15 is 0 Å². The molecule has 0 saturated carbocycles. The summed E-state index contributed by atoms with van der Waals surface area (Å²) >= 11 is 6.03. The quantitative estimate of drug-likeness (QED) is 0.719.